The molecule has 1 aliphatic heterocycles. The first kappa shape index (κ1) is 14.1. The molecule has 0 radical (unpaired) electrons. The average Bonchev–Trinajstić information content (AvgIpc) is 3.05. The van der Waals surface area contributed by atoms with E-state index in [0.717, 1.165) is 19.3 Å². The summed E-state index contributed by atoms with van der Waals surface area (Å²) in [4.78, 5) is 11.9. The molecule has 0 aromatic carbocycles. The van der Waals surface area contributed by atoms with Crippen LogP contribution < -0.4 is 0 Å². The lowest BCUT2D eigenvalue weighted by Crippen LogP contribution is -2.41. The third kappa shape index (κ3) is 1.86. The van der Waals surface area contributed by atoms with Gasteiger partial charge < -0.3 is 14.0 Å². The predicted octanol–water partition coefficient (Wildman–Crippen LogP) is 2.52. The third-order valence-electron chi connectivity index (χ3n) is 5.56. The van der Waals surface area contributed by atoms with Crippen LogP contribution in [-0.2, 0) is 18.8 Å². The molecular formula is C15H23BO4. The van der Waals surface area contributed by atoms with Gasteiger partial charge in [0.25, 0.3) is 0 Å². The molecule has 2 fully saturated rings. The Bertz CT molecular complexity index is 466. The van der Waals surface area contributed by atoms with Gasteiger partial charge in [-0.15, -0.1) is 0 Å². The summed E-state index contributed by atoms with van der Waals surface area (Å²) in [5, 5.41) is 0. The highest BCUT2D eigenvalue weighted by atomic mass is 16.7. The van der Waals surface area contributed by atoms with Crippen LogP contribution in [0.5, 0.6) is 0 Å². The maximum absolute atomic E-state index is 11.9. The fraction of sp³-hybridized carbons (Fsp3) is 0.800. The Kier molecular flexibility index (Phi) is 2.90. The van der Waals surface area contributed by atoms with E-state index in [4.69, 9.17) is 14.0 Å². The molecular weight excluding hydrogens is 255 g/mol. The lowest BCUT2D eigenvalue weighted by atomic mass is 9.70. The van der Waals surface area contributed by atoms with Gasteiger partial charge in [0.2, 0.25) is 0 Å². The molecule has 3 aliphatic rings. The molecule has 0 spiro atoms. The minimum absolute atomic E-state index is 0.0632. The van der Waals surface area contributed by atoms with E-state index in [1.165, 1.54) is 12.6 Å². The Balaban J connectivity index is 1.75. The van der Waals surface area contributed by atoms with E-state index in [1.54, 1.807) is 0 Å². The van der Waals surface area contributed by atoms with Crippen molar-refractivity contribution in [2.45, 2.75) is 58.2 Å². The fourth-order valence-electron chi connectivity index (χ4n) is 3.28. The number of ether oxygens (including phenoxy) is 1. The van der Waals surface area contributed by atoms with Crippen LogP contribution in [0, 0.1) is 11.3 Å². The van der Waals surface area contributed by atoms with E-state index in [-0.39, 0.29) is 29.7 Å². The lowest BCUT2D eigenvalue weighted by Gasteiger charge is -2.32. The normalized spacial score (nSPS) is 37.1. The van der Waals surface area contributed by atoms with Gasteiger partial charge in [-0.25, -0.2) is 0 Å². The standard InChI is InChI=1S/C15H23BO4/c1-13(2)14(3,4)20-16(19-13)11-6-7-15(12(17)18-5)9-10(15)8-11/h8,10H,6-7,9H2,1-5H3. The second-order valence-electron chi connectivity index (χ2n) is 7.29. The zero-order chi connectivity index (χ0) is 14.8. The number of methoxy groups -OCH3 is 1. The van der Waals surface area contributed by atoms with E-state index >= 15 is 0 Å². The topological polar surface area (TPSA) is 44.8 Å². The quantitative estimate of drug-likeness (QED) is 0.575. The van der Waals surface area contributed by atoms with E-state index in [2.05, 4.69) is 33.8 Å². The summed E-state index contributed by atoms with van der Waals surface area (Å²) in [5.41, 5.74) is 0.324. The van der Waals surface area contributed by atoms with Gasteiger partial charge in [0.1, 0.15) is 0 Å². The Morgan fingerprint density at radius 3 is 2.40 bits per heavy atom. The van der Waals surface area contributed by atoms with Crippen molar-refractivity contribution >= 4 is 13.1 Å². The Labute approximate surface area is 121 Å². The summed E-state index contributed by atoms with van der Waals surface area (Å²) in [6, 6.07) is 0. The van der Waals surface area contributed by atoms with Crippen molar-refractivity contribution in [3.8, 4) is 0 Å². The van der Waals surface area contributed by atoms with E-state index < -0.39 is 0 Å². The number of rotatable bonds is 2. The van der Waals surface area contributed by atoms with E-state index in [0.29, 0.717) is 5.92 Å². The monoisotopic (exact) mass is 278 g/mol. The second-order valence-corrected chi connectivity index (χ2v) is 7.29. The molecule has 0 aromatic rings. The predicted molar refractivity (Wildman–Crippen MR) is 76.0 cm³/mol. The molecule has 2 atom stereocenters. The molecule has 0 aromatic heterocycles. The minimum atomic E-state index is -0.307. The molecule has 0 N–H and O–H groups in total. The molecule has 110 valence electrons. The Morgan fingerprint density at radius 1 is 1.30 bits per heavy atom. The molecule has 20 heavy (non-hydrogen) atoms. The van der Waals surface area contributed by atoms with Gasteiger partial charge in [0.05, 0.1) is 23.7 Å². The van der Waals surface area contributed by atoms with Crippen molar-refractivity contribution in [1.29, 1.82) is 0 Å². The van der Waals surface area contributed by atoms with Crippen molar-refractivity contribution in [2.75, 3.05) is 7.11 Å². The molecule has 0 bridgehead atoms. The summed E-state index contributed by atoms with van der Waals surface area (Å²) >= 11 is 0. The van der Waals surface area contributed by atoms with Crippen LogP contribution in [0.1, 0.15) is 47.0 Å². The van der Waals surface area contributed by atoms with Crippen molar-refractivity contribution in [1.82, 2.24) is 0 Å². The smallest absolute Gasteiger partial charge is 0.469 e. The Hall–Kier alpha value is -0.805. The number of hydrogen-bond acceptors (Lipinski definition) is 4. The zero-order valence-electron chi connectivity index (χ0n) is 13.0. The SMILES string of the molecule is COC(=O)C12CCC(B3OC(C)(C)C(C)(C)O3)=CC1C2. The van der Waals surface area contributed by atoms with Crippen LogP contribution in [0.4, 0.5) is 0 Å². The van der Waals surface area contributed by atoms with Crippen LogP contribution in [0.25, 0.3) is 0 Å². The molecule has 1 heterocycles. The van der Waals surface area contributed by atoms with Crippen molar-refractivity contribution in [3.05, 3.63) is 11.5 Å². The van der Waals surface area contributed by atoms with Crippen LogP contribution in [0.2, 0.25) is 0 Å². The number of allylic oxidation sites excluding steroid dienone is 2. The van der Waals surface area contributed by atoms with E-state index in [1.807, 2.05) is 0 Å². The molecule has 2 aliphatic carbocycles. The average molecular weight is 278 g/mol. The van der Waals surface area contributed by atoms with Crippen LogP contribution in [0.15, 0.2) is 11.5 Å². The summed E-state index contributed by atoms with van der Waals surface area (Å²) < 4.78 is 17.1. The van der Waals surface area contributed by atoms with Gasteiger partial charge in [-0.2, -0.15) is 0 Å². The lowest BCUT2D eigenvalue weighted by molar-refractivity contribution is -0.147. The minimum Gasteiger partial charge on any atom is -0.469 e. The molecule has 3 rings (SSSR count). The Morgan fingerprint density at radius 2 is 1.90 bits per heavy atom. The van der Waals surface area contributed by atoms with Gasteiger partial charge in [0.15, 0.2) is 0 Å². The number of carbonyl (C=O) groups is 1. The second kappa shape index (κ2) is 4.11. The maximum Gasteiger partial charge on any atom is 0.490 e. The number of carbonyl (C=O) groups excluding carboxylic acids is 1. The summed E-state index contributed by atoms with van der Waals surface area (Å²) in [5.74, 6) is 0.240. The van der Waals surface area contributed by atoms with Crippen molar-refractivity contribution in [2.24, 2.45) is 11.3 Å². The fourth-order valence-corrected chi connectivity index (χ4v) is 3.28. The van der Waals surface area contributed by atoms with Gasteiger partial charge in [0, 0.05) is 0 Å². The van der Waals surface area contributed by atoms with Crippen LogP contribution in [0.3, 0.4) is 0 Å². The largest absolute Gasteiger partial charge is 0.490 e. The highest BCUT2D eigenvalue weighted by molar-refractivity contribution is 6.54. The van der Waals surface area contributed by atoms with Gasteiger partial charge in [-0.05, 0) is 58.3 Å². The van der Waals surface area contributed by atoms with Crippen LogP contribution >= 0.6 is 0 Å². The number of esters is 1. The zero-order valence-corrected chi connectivity index (χ0v) is 13.0. The first-order chi connectivity index (χ1) is 9.22. The number of fused-ring (bicyclic) bond motifs is 1. The highest BCUT2D eigenvalue weighted by Gasteiger charge is 2.62. The number of hydrogen-bond donors (Lipinski definition) is 0. The summed E-state index contributed by atoms with van der Waals surface area (Å²) in [7, 11) is 1.20. The van der Waals surface area contributed by atoms with Gasteiger partial charge in [-0.1, -0.05) is 6.08 Å². The molecule has 0 amide bonds. The first-order valence-corrected chi connectivity index (χ1v) is 7.36. The van der Waals surface area contributed by atoms with Crippen molar-refractivity contribution < 1.29 is 18.8 Å². The van der Waals surface area contributed by atoms with Crippen LogP contribution in [-0.4, -0.2) is 31.4 Å². The van der Waals surface area contributed by atoms with Gasteiger partial charge in [-0.3, -0.25) is 4.79 Å². The van der Waals surface area contributed by atoms with Gasteiger partial charge >= 0.3 is 13.1 Å². The van der Waals surface area contributed by atoms with E-state index in [9.17, 15) is 4.79 Å². The molecule has 2 unspecified atom stereocenters. The highest BCUT2D eigenvalue weighted by Crippen LogP contribution is 2.61. The first-order valence-electron chi connectivity index (χ1n) is 7.36. The molecule has 1 saturated heterocycles. The summed E-state index contributed by atoms with van der Waals surface area (Å²) in [6.07, 6.45) is 4.79. The maximum atomic E-state index is 11.9. The third-order valence-corrected chi connectivity index (χ3v) is 5.56. The molecule has 4 nitrogen and oxygen atoms in total. The van der Waals surface area contributed by atoms with Crippen molar-refractivity contribution in [3.63, 3.8) is 0 Å². The summed E-state index contributed by atoms with van der Waals surface area (Å²) in [6.45, 7) is 8.25. The molecule has 1 saturated carbocycles. The molecule has 5 heteroatoms.